The van der Waals surface area contributed by atoms with Crippen LogP contribution in [0.2, 0.25) is 0 Å². The van der Waals surface area contributed by atoms with Gasteiger partial charge in [0.15, 0.2) is 0 Å². The summed E-state index contributed by atoms with van der Waals surface area (Å²) in [7, 11) is 0. The first-order valence-electron chi connectivity index (χ1n) is 6.29. The molecule has 20 heavy (non-hydrogen) atoms. The topological polar surface area (TPSA) is 62.5 Å². The van der Waals surface area contributed by atoms with Crippen LogP contribution in [0.3, 0.4) is 0 Å². The van der Waals surface area contributed by atoms with Gasteiger partial charge >= 0.3 is 0 Å². The molecule has 0 aliphatic rings. The Labute approximate surface area is 121 Å². The minimum absolute atomic E-state index is 0.168. The van der Waals surface area contributed by atoms with Crippen molar-refractivity contribution in [3.8, 4) is 0 Å². The summed E-state index contributed by atoms with van der Waals surface area (Å²) in [5.74, 6) is 0.469. The molecule has 2 N–H and O–H groups in total. The number of carbonyl (C=O) groups is 1. The van der Waals surface area contributed by atoms with Gasteiger partial charge in [0.25, 0.3) is 0 Å². The molecular formula is C15H17NO3S. The Bertz CT molecular complexity index is 556. The summed E-state index contributed by atoms with van der Waals surface area (Å²) in [6.07, 6.45) is 5.14. The van der Waals surface area contributed by atoms with E-state index in [2.05, 4.69) is 5.32 Å². The lowest BCUT2D eigenvalue weighted by Gasteiger charge is -2.22. The Morgan fingerprint density at radius 1 is 1.50 bits per heavy atom. The van der Waals surface area contributed by atoms with Crippen molar-refractivity contribution in [2.75, 3.05) is 6.54 Å². The molecule has 4 nitrogen and oxygen atoms in total. The van der Waals surface area contributed by atoms with Crippen LogP contribution >= 0.6 is 11.3 Å². The summed E-state index contributed by atoms with van der Waals surface area (Å²) < 4.78 is 5.19. The smallest absolute Gasteiger partial charge is 0.244 e. The van der Waals surface area contributed by atoms with E-state index in [1.807, 2.05) is 17.5 Å². The van der Waals surface area contributed by atoms with Crippen molar-refractivity contribution in [3.05, 3.63) is 52.6 Å². The van der Waals surface area contributed by atoms with Crippen LogP contribution < -0.4 is 5.32 Å². The maximum Gasteiger partial charge on any atom is 0.244 e. The van der Waals surface area contributed by atoms with E-state index in [1.165, 1.54) is 6.08 Å². The summed E-state index contributed by atoms with van der Waals surface area (Å²) in [5, 5.41) is 14.8. The molecule has 106 valence electrons. The summed E-state index contributed by atoms with van der Waals surface area (Å²) >= 11 is 1.56. The van der Waals surface area contributed by atoms with Gasteiger partial charge in [-0.2, -0.15) is 0 Å². The Morgan fingerprint density at radius 2 is 2.35 bits per heavy atom. The number of furan rings is 1. The molecule has 0 aliphatic carbocycles. The van der Waals surface area contributed by atoms with E-state index in [4.69, 9.17) is 4.42 Å². The minimum Gasteiger partial charge on any atom is -0.469 e. The van der Waals surface area contributed by atoms with E-state index in [0.29, 0.717) is 12.2 Å². The second-order valence-corrected chi connectivity index (χ2v) is 5.80. The molecule has 1 atom stereocenters. The second-order valence-electron chi connectivity index (χ2n) is 4.82. The maximum absolute atomic E-state index is 11.7. The van der Waals surface area contributed by atoms with E-state index in [9.17, 15) is 9.90 Å². The van der Waals surface area contributed by atoms with Crippen molar-refractivity contribution in [2.24, 2.45) is 0 Å². The zero-order valence-electron chi connectivity index (χ0n) is 11.2. The molecule has 0 unspecified atom stereocenters. The molecule has 0 aromatic carbocycles. The summed E-state index contributed by atoms with van der Waals surface area (Å²) in [5.41, 5.74) is -1.04. The van der Waals surface area contributed by atoms with Crippen LogP contribution in [0.25, 0.3) is 6.08 Å². The van der Waals surface area contributed by atoms with Crippen LogP contribution in [-0.2, 0) is 11.2 Å². The summed E-state index contributed by atoms with van der Waals surface area (Å²) in [4.78, 5) is 12.7. The molecule has 2 heterocycles. The van der Waals surface area contributed by atoms with Crippen molar-refractivity contribution >= 4 is 23.3 Å². The molecule has 2 aromatic heterocycles. The first kappa shape index (κ1) is 14.6. The van der Waals surface area contributed by atoms with Crippen molar-refractivity contribution in [2.45, 2.75) is 18.9 Å². The minimum atomic E-state index is -1.04. The molecular weight excluding hydrogens is 274 g/mol. The quantitative estimate of drug-likeness (QED) is 0.804. The molecule has 1 amide bonds. The average Bonchev–Trinajstić information content (AvgIpc) is 3.06. The van der Waals surface area contributed by atoms with Crippen molar-refractivity contribution < 1.29 is 14.3 Å². The number of aliphatic hydroxyl groups is 1. The SMILES string of the molecule is C[C@@](O)(CNC(=O)/C=C/c1cccs1)Cc1ccco1. The van der Waals surface area contributed by atoms with Crippen molar-refractivity contribution in [1.82, 2.24) is 5.32 Å². The van der Waals surface area contributed by atoms with Crippen LogP contribution in [0, 0.1) is 0 Å². The van der Waals surface area contributed by atoms with E-state index in [-0.39, 0.29) is 12.5 Å². The number of hydrogen-bond acceptors (Lipinski definition) is 4. The highest BCUT2D eigenvalue weighted by Crippen LogP contribution is 2.13. The number of rotatable bonds is 6. The van der Waals surface area contributed by atoms with Gasteiger partial charge in [-0.25, -0.2) is 0 Å². The van der Waals surface area contributed by atoms with Crippen LogP contribution in [0.15, 0.2) is 46.4 Å². The highest BCUT2D eigenvalue weighted by Gasteiger charge is 2.22. The van der Waals surface area contributed by atoms with E-state index < -0.39 is 5.60 Å². The molecule has 2 aromatic rings. The summed E-state index contributed by atoms with van der Waals surface area (Å²) in [6.45, 7) is 1.83. The van der Waals surface area contributed by atoms with Gasteiger partial charge in [0.2, 0.25) is 5.91 Å². The standard InChI is InChI=1S/C15H17NO3S/c1-15(18,10-12-4-2-8-19-12)11-16-14(17)7-6-13-5-3-9-20-13/h2-9,18H,10-11H2,1H3,(H,16,17)/b7-6+/t15-/m0/s1. The molecule has 0 spiro atoms. The molecule has 0 fully saturated rings. The Balaban J connectivity index is 1.80. The first-order valence-corrected chi connectivity index (χ1v) is 7.17. The third-order valence-electron chi connectivity index (χ3n) is 2.72. The van der Waals surface area contributed by atoms with Crippen molar-refractivity contribution in [1.29, 1.82) is 0 Å². The third-order valence-corrected chi connectivity index (χ3v) is 3.56. The monoisotopic (exact) mass is 291 g/mol. The predicted molar refractivity (Wildman–Crippen MR) is 79.4 cm³/mol. The number of thiophene rings is 1. The van der Waals surface area contributed by atoms with Crippen LogP contribution in [0.4, 0.5) is 0 Å². The molecule has 0 saturated heterocycles. The molecule has 0 aliphatic heterocycles. The van der Waals surface area contributed by atoms with Crippen LogP contribution in [-0.4, -0.2) is 23.2 Å². The van der Waals surface area contributed by atoms with Gasteiger partial charge in [-0.3, -0.25) is 4.79 Å². The predicted octanol–water partition coefficient (Wildman–Crippen LogP) is 2.46. The number of amides is 1. The zero-order chi connectivity index (χ0) is 14.4. The van der Waals surface area contributed by atoms with Gasteiger partial charge in [-0.1, -0.05) is 6.07 Å². The van der Waals surface area contributed by atoms with Gasteiger partial charge in [-0.05, 0) is 36.6 Å². The van der Waals surface area contributed by atoms with Gasteiger partial charge in [0.05, 0.1) is 11.9 Å². The fraction of sp³-hybridized carbons (Fsp3) is 0.267. The Morgan fingerprint density at radius 3 is 3.00 bits per heavy atom. The number of carbonyl (C=O) groups excluding carboxylic acids is 1. The van der Waals surface area contributed by atoms with Crippen LogP contribution in [0.5, 0.6) is 0 Å². The molecule has 0 saturated carbocycles. The van der Waals surface area contributed by atoms with Crippen LogP contribution in [0.1, 0.15) is 17.6 Å². The average molecular weight is 291 g/mol. The lowest BCUT2D eigenvalue weighted by atomic mass is 10.0. The Kier molecular flexibility index (Phi) is 4.76. The lowest BCUT2D eigenvalue weighted by molar-refractivity contribution is -0.117. The van der Waals surface area contributed by atoms with Gasteiger partial charge in [-0.15, -0.1) is 11.3 Å². The number of nitrogens with one attached hydrogen (secondary N) is 1. The van der Waals surface area contributed by atoms with Gasteiger partial charge < -0.3 is 14.8 Å². The molecule has 2 rings (SSSR count). The highest BCUT2D eigenvalue weighted by atomic mass is 32.1. The molecule has 5 heteroatoms. The van der Waals surface area contributed by atoms with Crippen molar-refractivity contribution in [3.63, 3.8) is 0 Å². The first-order chi connectivity index (χ1) is 9.55. The normalized spacial score (nSPS) is 14.3. The fourth-order valence-electron chi connectivity index (χ4n) is 1.73. The third kappa shape index (κ3) is 4.68. The van der Waals surface area contributed by atoms with E-state index in [0.717, 1.165) is 4.88 Å². The van der Waals surface area contributed by atoms with E-state index in [1.54, 1.807) is 42.7 Å². The largest absolute Gasteiger partial charge is 0.469 e. The maximum atomic E-state index is 11.7. The molecule has 0 radical (unpaired) electrons. The molecule has 0 bridgehead atoms. The summed E-state index contributed by atoms with van der Waals surface area (Å²) in [6, 6.07) is 7.43. The second kappa shape index (κ2) is 6.54. The lowest BCUT2D eigenvalue weighted by Crippen LogP contribution is -2.41. The number of hydrogen-bond donors (Lipinski definition) is 2. The highest BCUT2D eigenvalue weighted by molar-refractivity contribution is 7.10. The zero-order valence-corrected chi connectivity index (χ0v) is 12.0. The van der Waals surface area contributed by atoms with Gasteiger partial charge in [0, 0.05) is 23.9 Å². The van der Waals surface area contributed by atoms with E-state index >= 15 is 0 Å². The fourth-order valence-corrected chi connectivity index (χ4v) is 2.35. The van der Waals surface area contributed by atoms with Gasteiger partial charge in [0.1, 0.15) is 5.76 Å². The Hall–Kier alpha value is -1.85.